The summed E-state index contributed by atoms with van der Waals surface area (Å²) in [5, 5.41) is 0. The van der Waals surface area contributed by atoms with Crippen LogP contribution in [0.15, 0.2) is 45.7 Å². The number of rotatable bonds is 7. The summed E-state index contributed by atoms with van der Waals surface area (Å²) in [6.07, 6.45) is 0. The first kappa shape index (κ1) is 15.9. The molecule has 2 aromatic rings. The third-order valence-corrected chi connectivity index (χ3v) is 5.32. The Morgan fingerprint density at radius 2 is 2.10 bits per heavy atom. The Labute approximate surface area is 129 Å². The Kier molecular flexibility index (Phi) is 5.33. The van der Waals surface area contributed by atoms with E-state index in [1.165, 1.54) is 11.8 Å². The zero-order valence-electron chi connectivity index (χ0n) is 11.7. The van der Waals surface area contributed by atoms with Gasteiger partial charge in [0.1, 0.15) is 11.5 Å². The molecule has 114 valence electrons. The van der Waals surface area contributed by atoms with Crippen LogP contribution in [-0.4, -0.2) is 19.9 Å². The molecule has 0 saturated carbocycles. The third-order valence-electron chi connectivity index (χ3n) is 2.74. The molecule has 0 saturated heterocycles. The Morgan fingerprint density at radius 3 is 2.76 bits per heavy atom. The van der Waals surface area contributed by atoms with Gasteiger partial charge in [-0.2, -0.15) is 0 Å². The molecule has 0 unspecified atom stereocenters. The number of thioether (sulfide) groups is 1. The van der Waals surface area contributed by atoms with Crippen molar-refractivity contribution in [2.24, 2.45) is 0 Å². The van der Waals surface area contributed by atoms with Gasteiger partial charge < -0.3 is 10.2 Å². The molecule has 3 N–H and O–H groups in total. The number of anilines is 1. The molecule has 0 aliphatic heterocycles. The van der Waals surface area contributed by atoms with Crippen molar-refractivity contribution in [3.8, 4) is 0 Å². The minimum absolute atomic E-state index is 0.0478. The molecule has 5 nitrogen and oxygen atoms in total. The monoisotopic (exact) mass is 326 g/mol. The average Bonchev–Trinajstić information content (AvgIpc) is 2.82. The first-order valence-corrected chi connectivity index (χ1v) is 9.09. The number of nitrogens with two attached hydrogens (primary N) is 1. The van der Waals surface area contributed by atoms with Gasteiger partial charge in [-0.25, -0.2) is 13.1 Å². The molecule has 21 heavy (non-hydrogen) atoms. The van der Waals surface area contributed by atoms with Gasteiger partial charge in [0.25, 0.3) is 0 Å². The lowest BCUT2D eigenvalue weighted by atomic mass is 10.3. The lowest BCUT2D eigenvalue weighted by Gasteiger charge is -2.06. The molecular formula is C14H18N2O3S2. The molecule has 0 aliphatic rings. The molecule has 1 heterocycles. The van der Waals surface area contributed by atoms with Crippen molar-refractivity contribution in [2.45, 2.75) is 18.4 Å². The average molecular weight is 326 g/mol. The van der Waals surface area contributed by atoms with Gasteiger partial charge in [-0.15, -0.1) is 11.8 Å². The van der Waals surface area contributed by atoms with Crippen molar-refractivity contribution in [1.29, 1.82) is 0 Å². The van der Waals surface area contributed by atoms with Crippen LogP contribution in [-0.2, 0) is 16.6 Å². The second-order valence-electron chi connectivity index (χ2n) is 4.57. The Balaban J connectivity index is 1.78. The third kappa shape index (κ3) is 5.45. The lowest BCUT2D eigenvalue weighted by Crippen LogP contribution is -2.26. The largest absolute Gasteiger partial charge is 0.465 e. The number of hydrogen-bond acceptors (Lipinski definition) is 5. The van der Waals surface area contributed by atoms with Crippen LogP contribution in [0.2, 0.25) is 0 Å². The van der Waals surface area contributed by atoms with Crippen LogP contribution in [0.5, 0.6) is 0 Å². The summed E-state index contributed by atoms with van der Waals surface area (Å²) in [6.45, 7) is 2.00. The molecule has 1 aromatic heterocycles. The SMILES string of the molecule is Cc1ccc(CNS(=O)(=O)CCSc2cccc(N)c2)o1. The van der Waals surface area contributed by atoms with Crippen molar-refractivity contribution < 1.29 is 12.8 Å². The zero-order valence-corrected chi connectivity index (χ0v) is 13.3. The molecule has 0 aliphatic carbocycles. The summed E-state index contributed by atoms with van der Waals surface area (Å²) in [7, 11) is -3.31. The van der Waals surface area contributed by atoms with E-state index in [0.29, 0.717) is 17.2 Å². The summed E-state index contributed by atoms with van der Waals surface area (Å²) < 4.78 is 31.6. The Bertz CT molecular complexity index is 696. The van der Waals surface area contributed by atoms with Gasteiger partial charge in [0, 0.05) is 16.3 Å². The molecule has 0 fully saturated rings. The second kappa shape index (κ2) is 7.02. The number of nitrogens with one attached hydrogen (secondary N) is 1. The normalized spacial score (nSPS) is 11.7. The number of nitrogen functional groups attached to an aromatic ring is 1. The molecule has 7 heteroatoms. The second-order valence-corrected chi connectivity index (χ2v) is 7.67. The van der Waals surface area contributed by atoms with E-state index in [1.54, 1.807) is 18.2 Å². The van der Waals surface area contributed by atoms with Crippen LogP contribution in [0.1, 0.15) is 11.5 Å². The van der Waals surface area contributed by atoms with Gasteiger partial charge >= 0.3 is 0 Å². The first-order chi connectivity index (χ1) is 9.94. The summed E-state index contributed by atoms with van der Waals surface area (Å²) in [5.41, 5.74) is 6.35. The quantitative estimate of drug-likeness (QED) is 0.603. The van der Waals surface area contributed by atoms with E-state index in [2.05, 4.69) is 4.72 Å². The smallest absolute Gasteiger partial charge is 0.212 e. The summed E-state index contributed by atoms with van der Waals surface area (Å²) in [4.78, 5) is 0.965. The van der Waals surface area contributed by atoms with Gasteiger partial charge in [0.05, 0.1) is 12.3 Å². The Hall–Kier alpha value is -1.44. The van der Waals surface area contributed by atoms with E-state index in [4.69, 9.17) is 10.2 Å². The fourth-order valence-electron chi connectivity index (χ4n) is 1.71. The van der Waals surface area contributed by atoms with Crippen molar-refractivity contribution in [2.75, 3.05) is 17.2 Å². The minimum atomic E-state index is -3.31. The van der Waals surface area contributed by atoms with Gasteiger partial charge in [0.2, 0.25) is 10.0 Å². The Morgan fingerprint density at radius 1 is 1.29 bits per heavy atom. The first-order valence-electron chi connectivity index (χ1n) is 6.46. The molecule has 0 spiro atoms. The lowest BCUT2D eigenvalue weighted by molar-refractivity contribution is 0.475. The highest BCUT2D eigenvalue weighted by molar-refractivity contribution is 8.00. The van der Waals surface area contributed by atoms with Crippen molar-refractivity contribution in [3.05, 3.63) is 47.9 Å². The zero-order chi connectivity index (χ0) is 15.3. The van der Waals surface area contributed by atoms with Crippen molar-refractivity contribution >= 4 is 27.5 Å². The van der Waals surface area contributed by atoms with E-state index in [9.17, 15) is 8.42 Å². The maximum absolute atomic E-state index is 11.9. The standard InChI is InChI=1S/C14H18N2O3S2/c1-11-5-6-13(19-11)10-16-21(17,18)8-7-20-14-4-2-3-12(15)9-14/h2-6,9,16H,7-8,10,15H2,1H3. The van der Waals surface area contributed by atoms with Gasteiger partial charge in [-0.1, -0.05) is 6.07 Å². The molecule has 0 atom stereocenters. The van der Waals surface area contributed by atoms with Crippen LogP contribution >= 0.6 is 11.8 Å². The highest BCUT2D eigenvalue weighted by Gasteiger charge is 2.11. The van der Waals surface area contributed by atoms with Crippen LogP contribution in [0.4, 0.5) is 5.69 Å². The molecule has 0 amide bonds. The van der Waals surface area contributed by atoms with E-state index in [1.807, 2.05) is 25.1 Å². The minimum Gasteiger partial charge on any atom is -0.465 e. The number of aryl methyl sites for hydroxylation is 1. The van der Waals surface area contributed by atoms with Crippen molar-refractivity contribution in [3.63, 3.8) is 0 Å². The van der Waals surface area contributed by atoms with E-state index in [0.717, 1.165) is 10.7 Å². The highest BCUT2D eigenvalue weighted by Crippen LogP contribution is 2.20. The van der Waals surface area contributed by atoms with Crippen LogP contribution in [0, 0.1) is 6.92 Å². The van der Waals surface area contributed by atoms with Crippen LogP contribution in [0.25, 0.3) is 0 Å². The molecule has 1 aromatic carbocycles. The predicted octanol–water partition coefficient (Wildman–Crippen LogP) is 2.38. The maximum Gasteiger partial charge on any atom is 0.212 e. The van der Waals surface area contributed by atoms with Gasteiger partial charge in [-0.3, -0.25) is 0 Å². The fraction of sp³-hybridized carbons (Fsp3) is 0.286. The topological polar surface area (TPSA) is 85.3 Å². The molecule has 2 rings (SSSR count). The van der Waals surface area contributed by atoms with E-state index >= 15 is 0 Å². The molecule has 0 radical (unpaired) electrons. The summed E-state index contributed by atoms with van der Waals surface area (Å²) in [5.74, 6) is 1.89. The van der Waals surface area contributed by atoms with E-state index < -0.39 is 10.0 Å². The maximum atomic E-state index is 11.9. The molecule has 0 bridgehead atoms. The molecular weight excluding hydrogens is 308 g/mol. The van der Waals surface area contributed by atoms with Gasteiger partial charge in [-0.05, 0) is 37.3 Å². The van der Waals surface area contributed by atoms with E-state index in [-0.39, 0.29) is 12.3 Å². The number of sulfonamides is 1. The summed E-state index contributed by atoms with van der Waals surface area (Å²) >= 11 is 1.46. The predicted molar refractivity (Wildman–Crippen MR) is 85.6 cm³/mol. The number of hydrogen-bond donors (Lipinski definition) is 2. The van der Waals surface area contributed by atoms with Crippen LogP contribution < -0.4 is 10.5 Å². The summed E-state index contributed by atoms with van der Waals surface area (Å²) in [6, 6.07) is 11.0. The highest BCUT2D eigenvalue weighted by atomic mass is 32.2. The van der Waals surface area contributed by atoms with Crippen LogP contribution in [0.3, 0.4) is 0 Å². The fourth-order valence-corrected chi connectivity index (χ4v) is 4.05. The number of benzene rings is 1. The number of furan rings is 1. The van der Waals surface area contributed by atoms with Gasteiger partial charge in [0.15, 0.2) is 0 Å². The van der Waals surface area contributed by atoms with Crippen molar-refractivity contribution in [1.82, 2.24) is 4.72 Å².